The molecule has 0 radical (unpaired) electrons. The first-order valence-electron chi connectivity index (χ1n) is 8.05. The maximum atomic E-state index is 12.2. The number of carbonyl (C=O) groups excluding carboxylic acids is 2. The summed E-state index contributed by atoms with van der Waals surface area (Å²) >= 11 is 5.89. The molecule has 1 aromatic heterocycles. The number of benzene rings is 2. The van der Waals surface area contributed by atoms with Crippen molar-refractivity contribution in [3.05, 3.63) is 71.2 Å². The molecule has 2 aromatic carbocycles. The predicted molar refractivity (Wildman–Crippen MR) is 105 cm³/mol. The molecule has 7 nitrogen and oxygen atoms in total. The molecule has 0 aliphatic heterocycles. The largest absolute Gasteiger partial charge is 0.339 e. The summed E-state index contributed by atoms with van der Waals surface area (Å²) in [5.74, 6) is 0.396. The Labute approximate surface area is 160 Å². The Morgan fingerprint density at radius 1 is 0.852 bits per heavy atom. The Morgan fingerprint density at radius 3 is 2.15 bits per heavy atom. The van der Waals surface area contributed by atoms with Gasteiger partial charge >= 0.3 is 0 Å². The smallest absolute Gasteiger partial charge is 0.256 e. The zero-order valence-electron chi connectivity index (χ0n) is 14.4. The van der Waals surface area contributed by atoms with Gasteiger partial charge in [0.15, 0.2) is 11.6 Å². The fourth-order valence-electron chi connectivity index (χ4n) is 2.27. The van der Waals surface area contributed by atoms with E-state index in [2.05, 4.69) is 26.1 Å². The molecule has 0 spiro atoms. The van der Waals surface area contributed by atoms with E-state index in [1.165, 1.54) is 6.92 Å². The first-order chi connectivity index (χ1) is 13.0. The van der Waals surface area contributed by atoms with Crippen molar-refractivity contribution in [1.29, 1.82) is 0 Å². The summed E-state index contributed by atoms with van der Waals surface area (Å²) in [5.41, 5.74) is 1.93. The zero-order chi connectivity index (χ0) is 19.2. The van der Waals surface area contributed by atoms with Crippen LogP contribution in [-0.2, 0) is 4.79 Å². The summed E-state index contributed by atoms with van der Waals surface area (Å²) in [7, 11) is 0. The van der Waals surface area contributed by atoms with Crippen molar-refractivity contribution in [2.75, 3.05) is 16.0 Å². The topological polar surface area (TPSA) is 96.0 Å². The quantitative estimate of drug-likeness (QED) is 0.618. The second-order valence-electron chi connectivity index (χ2n) is 5.65. The third kappa shape index (κ3) is 5.26. The minimum atomic E-state index is -0.318. The second kappa shape index (κ2) is 8.29. The van der Waals surface area contributed by atoms with E-state index in [0.717, 1.165) is 5.69 Å². The average molecular weight is 382 g/mol. The van der Waals surface area contributed by atoms with Gasteiger partial charge in [-0.2, -0.15) is 0 Å². The van der Waals surface area contributed by atoms with Crippen LogP contribution >= 0.6 is 11.6 Å². The van der Waals surface area contributed by atoms with E-state index in [0.29, 0.717) is 27.9 Å². The van der Waals surface area contributed by atoms with E-state index >= 15 is 0 Å². The minimum Gasteiger partial charge on any atom is -0.339 e. The molecule has 1 heterocycles. The Kier molecular flexibility index (Phi) is 5.63. The average Bonchev–Trinajstić information content (AvgIpc) is 2.64. The van der Waals surface area contributed by atoms with E-state index in [1.54, 1.807) is 48.5 Å². The summed E-state index contributed by atoms with van der Waals surface area (Å²) in [6, 6.07) is 17.1. The van der Waals surface area contributed by atoms with Gasteiger partial charge in [0.05, 0.1) is 0 Å². The molecular weight excluding hydrogens is 366 g/mol. The van der Waals surface area contributed by atoms with Crippen molar-refractivity contribution < 1.29 is 9.59 Å². The van der Waals surface area contributed by atoms with Gasteiger partial charge in [0.25, 0.3) is 5.91 Å². The molecule has 2 amide bonds. The summed E-state index contributed by atoms with van der Waals surface area (Å²) in [6.07, 6.45) is 0. The first-order valence-corrected chi connectivity index (χ1v) is 8.43. The fraction of sp³-hybridized carbons (Fsp3) is 0.0526. The Bertz CT molecular complexity index is 959. The van der Waals surface area contributed by atoms with Crippen LogP contribution < -0.4 is 16.0 Å². The molecule has 136 valence electrons. The highest BCUT2D eigenvalue weighted by Crippen LogP contribution is 2.18. The van der Waals surface area contributed by atoms with Crippen LogP contribution in [0.15, 0.2) is 60.7 Å². The molecule has 8 heteroatoms. The molecule has 3 N–H and O–H groups in total. The number of amides is 2. The molecule has 0 unspecified atom stereocenters. The van der Waals surface area contributed by atoms with Crippen LogP contribution in [-0.4, -0.2) is 22.0 Å². The maximum absolute atomic E-state index is 12.2. The molecule has 0 aliphatic carbocycles. The fourth-order valence-corrected chi connectivity index (χ4v) is 2.46. The minimum absolute atomic E-state index is 0.128. The molecule has 3 aromatic rings. The highest BCUT2D eigenvalue weighted by Gasteiger charge is 2.08. The highest BCUT2D eigenvalue weighted by molar-refractivity contribution is 6.31. The molecule has 0 saturated heterocycles. The van der Waals surface area contributed by atoms with Gasteiger partial charge in [-0.25, -0.2) is 0 Å². The van der Waals surface area contributed by atoms with E-state index in [4.69, 9.17) is 11.6 Å². The molecule has 0 atom stereocenters. The number of aromatic nitrogens is 2. The van der Waals surface area contributed by atoms with Crippen LogP contribution in [0.5, 0.6) is 0 Å². The van der Waals surface area contributed by atoms with Gasteiger partial charge in [-0.05, 0) is 54.6 Å². The van der Waals surface area contributed by atoms with Gasteiger partial charge in [0.2, 0.25) is 5.91 Å². The van der Waals surface area contributed by atoms with Crippen LogP contribution in [0.2, 0.25) is 5.02 Å². The van der Waals surface area contributed by atoms with Crippen LogP contribution in [0.1, 0.15) is 17.3 Å². The van der Waals surface area contributed by atoms with Crippen molar-refractivity contribution in [2.45, 2.75) is 6.92 Å². The van der Waals surface area contributed by atoms with Crippen molar-refractivity contribution in [3.8, 4) is 0 Å². The van der Waals surface area contributed by atoms with E-state index in [-0.39, 0.29) is 11.8 Å². The first kappa shape index (κ1) is 18.3. The molecular formula is C19H16ClN5O2. The van der Waals surface area contributed by atoms with Crippen LogP contribution in [0.4, 0.5) is 23.0 Å². The van der Waals surface area contributed by atoms with Gasteiger partial charge in [-0.3, -0.25) is 9.59 Å². The lowest BCUT2D eigenvalue weighted by Crippen LogP contribution is -2.13. The number of halogens is 1. The van der Waals surface area contributed by atoms with Crippen molar-refractivity contribution in [3.63, 3.8) is 0 Å². The third-order valence-electron chi connectivity index (χ3n) is 3.47. The molecule has 0 bridgehead atoms. The summed E-state index contributed by atoms with van der Waals surface area (Å²) in [4.78, 5) is 23.2. The molecule has 3 rings (SSSR count). The molecule has 0 saturated carbocycles. The Balaban J connectivity index is 1.61. The molecule has 0 aliphatic rings. The number of anilines is 4. The van der Waals surface area contributed by atoms with Gasteiger partial charge in [0.1, 0.15) is 0 Å². The maximum Gasteiger partial charge on any atom is 0.256 e. The normalized spacial score (nSPS) is 10.1. The van der Waals surface area contributed by atoms with Crippen molar-refractivity contribution >= 4 is 46.4 Å². The van der Waals surface area contributed by atoms with Crippen molar-refractivity contribution in [1.82, 2.24) is 10.2 Å². The zero-order valence-corrected chi connectivity index (χ0v) is 15.1. The molecule has 0 fully saturated rings. The van der Waals surface area contributed by atoms with Crippen LogP contribution in [0.25, 0.3) is 0 Å². The van der Waals surface area contributed by atoms with Gasteiger partial charge < -0.3 is 16.0 Å². The SMILES string of the molecule is CC(=O)Nc1ccc(Nc2ccc(NC(=O)c3cccc(Cl)c3)nn2)cc1. The van der Waals surface area contributed by atoms with E-state index < -0.39 is 0 Å². The van der Waals surface area contributed by atoms with Crippen LogP contribution in [0, 0.1) is 0 Å². The Hall–Kier alpha value is -3.45. The van der Waals surface area contributed by atoms with Gasteiger partial charge in [0, 0.05) is 28.9 Å². The predicted octanol–water partition coefficient (Wildman–Crippen LogP) is 4.08. The highest BCUT2D eigenvalue weighted by atomic mass is 35.5. The number of nitrogens with zero attached hydrogens (tertiary/aromatic N) is 2. The number of carbonyl (C=O) groups is 2. The number of nitrogens with one attached hydrogen (secondary N) is 3. The van der Waals surface area contributed by atoms with Crippen LogP contribution in [0.3, 0.4) is 0 Å². The second-order valence-corrected chi connectivity index (χ2v) is 6.09. The Morgan fingerprint density at radius 2 is 1.52 bits per heavy atom. The van der Waals surface area contributed by atoms with Gasteiger partial charge in [-0.1, -0.05) is 17.7 Å². The number of hydrogen-bond donors (Lipinski definition) is 3. The monoisotopic (exact) mass is 381 g/mol. The van der Waals surface area contributed by atoms with Crippen molar-refractivity contribution in [2.24, 2.45) is 0 Å². The van der Waals surface area contributed by atoms with E-state index in [9.17, 15) is 9.59 Å². The lowest BCUT2D eigenvalue weighted by atomic mass is 10.2. The molecule has 27 heavy (non-hydrogen) atoms. The van der Waals surface area contributed by atoms with E-state index in [1.807, 2.05) is 12.1 Å². The lowest BCUT2D eigenvalue weighted by molar-refractivity contribution is -0.114. The summed E-state index contributed by atoms with van der Waals surface area (Å²) in [5, 5.41) is 17.0. The lowest BCUT2D eigenvalue weighted by Gasteiger charge is -2.08. The standard InChI is InChI=1S/C19H16ClN5O2/c1-12(26)21-15-5-7-16(8-6-15)22-17-9-10-18(25-24-17)23-19(27)13-3-2-4-14(20)11-13/h2-11H,1H3,(H,21,26)(H,22,24)(H,23,25,27). The third-order valence-corrected chi connectivity index (χ3v) is 3.71. The summed E-state index contributed by atoms with van der Waals surface area (Å²) < 4.78 is 0. The number of rotatable bonds is 5. The summed E-state index contributed by atoms with van der Waals surface area (Å²) in [6.45, 7) is 1.45. The number of hydrogen-bond acceptors (Lipinski definition) is 5. The van der Waals surface area contributed by atoms with Gasteiger partial charge in [-0.15, -0.1) is 10.2 Å².